The van der Waals surface area contributed by atoms with Gasteiger partial charge in [-0.25, -0.2) is 0 Å². The van der Waals surface area contributed by atoms with Crippen LogP contribution in [0.2, 0.25) is 0 Å². The van der Waals surface area contributed by atoms with Gasteiger partial charge in [0.25, 0.3) is 0 Å². The van der Waals surface area contributed by atoms with Crippen molar-refractivity contribution < 1.29 is 24.2 Å². The van der Waals surface area contributed by atoms with Gasteiger partial charge in [-0.15, -0.1) is 11.8 Å². The highest BCUT2D eigenvalue weighted by atomic mass is 32.2. The van der Waals surface area contributed by atoms with Crippen LogP contribution >= 0.6 is 11.8 Å². The van der Waals surface area contributed by atoms with Crippen LogP contribution in [0.1, 0.15) is 19.8 Å². The molecule has 0 saturated carbocycles. The van der Waals surface area contributed by atoms with Crippen LogP contribution in [0.15, 0.2) is 83.8 Å². The molecule has 0 spiro atoms. The quantitative estimate of drug-likeness (QED) is 0.347. The number of carbonyl (C=O) groups is 3. The third kappa shape index (κ3) is 8.01. The van der Waals surface area contributed by atoms with Gasteiger partial charge < -0.3 is 20.5 Å². The molecular formula is C25H24N2O5S. The van der Waals surface area contributed by atoms with Crippen molar-refractivity contribution in [2.75, 3.05) is 10.6 Å². The van der Waals surface area contributed by atoms with Crippen molar-refractivity contribution in [1.82, 2.24) is 0 Å². The van der Waals surface area contributed by atoms with Gasteiger partial charge in [0.2, 0.25) is 11.8 Å². The lowest BCUT2D eigenvalue weighted by Crippen LogP contribution is -2.22. The minimum atomic E-state index is -1.02. The van der Waals surface area contributed by atoms with E-state index < -0.39 is 5.97 Å². The van der Waals surface area contributed by atoms with Crippen molar-refractivity contribution in [3.05, 3.63) is 78.9 Å². The zero-order valence-corrected chi connectivity index (χ0v) is 18.8. The first-order chi connectivity index (χ1) is 15.9. The number of carboxylic acids is 1. The predicted octanol–water partition coefficient (Wildman–Crippen LogP) is 5.40. The number of anilines is 2. The normalized spacial score (nSPS) is 11.3. The van der Waals surface area contributed by atoms with Crippen LogP contribution in [-0.4, -0.2) is 28.1 Å². The van der Waals surface area contributed by atoms with Gasteiger partial charge in [0.15, 0.2) is 0 Å². The first-order valence-electron chi connectivity index (χ1n) is 10.3. The minimum absolute atomic E-state index is 0.0965. The summed E-state index contributed by atoms with van der Waals surface area (Å²) in [7, 11) is 0. The number of nitrogens with one attached hydrogen (secondary N) is 2. The minimum Gasteiger partial charge on any atom is -0.481 e. The first-order valence-corrected chi connectivity index (χ1v) is 11.2. The maximum absolute atomic E-state index is 12.6. The molecule has 0 radical (unpaired) electrons. The zero-order valence-electron chi connectivity index (χ0n) is 18.0. The van der Waals surface area contributed by atoms with E-state index in [4.69, 9.17) is 9.84 Å². The molecule has 1 atom stereocenters. The fraction of sp³-hybridized carbons (Fsp3) is 0.160. The van der Waals surface area contributed by atoms with Crippen LogP contribution in [0.5, 0.6) is 11.5 Å². The van der Waals surface area contributed by atoms with Gasteiger partial charge in [-0.05, 0) is 61.5 Å². The van der Waals surface area contributed by atoms with Gasteiger partial charge in [0.1, 0.15) is 11.5 Å². The molecular weight excluding hydrogens is 440 g/mol. The molecule has 8 heteroatoms. The average Bonchev–Trinajstić information content (AvgIpc) is 2.80. The summed E-state index contributed by atoms with van der Waals surface area (Å²) < 4.78 is 5.75. The number of benzene rings is 3. The first kappa shape index (κ1) is 23.9. The molecule has 0 aromatic heterocycles. The summed E-state index contributed by atoms with van der Waals surface area (Å²) >= 11 is 1.35. The highest BCUT2D eigenvalue weighted by molar-refractivity contribution is 8.00. The average molecular weight is 465 g/mol. The summed E-state index contributed by atoms with van der Waals surface area (Å²) in [5, 5.41) is 13.9. The molecule has 0 saturated heterocycles. The Morgan fingerprint density at radius 3 is 2.24 bits per heavy atom. The number of amides is 2. The molecule has 2 amide bonds. The molecule has 3 rings (SSSR count). The van der Waals surface area contributed by atoms with E-state index in [1.54, 1.807) is 49.4 Å². The molecule has 0 aliphatic carbocycles. The largest absolute Gasteiger partial charge is 0.481 e. The second-order valence-electron chi connectivity index (χ2n) is 7.16. The Hall–Kier alpha value is -3.78. The van der Waals surface area contributed by atoms with Gasteiger partial charge >= 0.3 is 5.97 Å². The highest BCUT2D eigenvalue weighted by Gasteiger charge is 2.15. The topological polar surface area (TPSA) is 105 Å². The van der Waals surface area contributed by atoms with E-state index in [0.29, 0.717) is 17.1 Å². The molecule has 0 heterocycles. The maximum Gasteiger partial charge on any atom is 0.303 e. The number of para-hydroxylation sites is 1. The zero-order chi connectivity index (χ0) is 23.6. The van der Waals surface area contributed by atoms with Crippen LogP contribution < -0.4 is 15.4 Å². The Morgan fingerprint density at radius 2 is 1.55 bits per heavy atom. The van der Waals surface area contributed by atoms with Crippen molar-refractivity contribution in [3.8, 4) is 11.5 Å². The van der Waals surface area contributed by atoms with Gasteiger partial charge in [-0.1, -0.05) is 24.3 Å². The van der Waals surface area contributed by atoms with Gasteiger partial charge in [-0.2, -0.15) is 0 Å². The Balaban J connectivity index is 1.52. The van der Waals surface area contributed by atoms with Crippen LogP contribution in [0.3, 0.4) is 0 Å². The lowest BCUT2D eigenvalue weighted by atomic mass is 10.2. The number of ether oxygens (including phenoxy) is 1. The number of aliphatic carboxylic acids is 1. The number of carboxylic acid groups (broad SMARTS) is 1. The molecule has 0 bridgehead atoms. The number of thioether (sulfide) groups is 1. The van der Waals surface area contributed by atoms with Gasteiger partial charge in [-0.3, -0.25) is 14.4 Å². The molecule has 0 aliphatic rings. The maximum atomic E-state index is 12.6. The van der Waals surface area contributed by atoms with Crippen molar-refractivity contribution in [2.24, 2.45) is 0 Å². The van der Waals surface area contributed by atoms with Crippen LogP contribution in [0.25, 0.3) is 0 Å². The summed E-state index contributed by atoms with van der Waals surface area (Å²) in [6.07, 6.45) is -0.322. The Bertz CT molecular complexity index is 1100. The number of carbonyl (C=O) groups excluding carboxylic acids is 2. The fourth-order valence-corrected chi connectivity index (χ4v) is 3.75. The van der Waals surface area contributed by atoms with E-state index in [-0.39, 0.29) is 29.9 Å². The predicted molar refractivity (Wildman–Crippen MR) is 129 cm³/mol. The van der Waals surface area contributed by atoms with Gasteiger partial charge in [0.05, 0.1) is 11.7 Å². The van der Waals surface area contributed by atoms with Gasteiger partial charge in [0, 0.05) is 22.7 Å². The van der Waals surface area contributed by atoms with E-state index in [1.807, 2.05) is 36.4 Å². The number of hydrogen-bond acceptors (Lipinski definition) is 5. The van der Waals surface area contributed by atoms with E-state index >= 15 is 0 Å². The van der Waals surface area contributed by atoms with Crippen molar-refractivity contribution in [1.29, 1.82) is 0 Å². The third-order valence-electron chi connectivity index (χ3n) is 4.47. The fourth-order valence-electron chi connectivity index (χ4n) is 2.82. The molecule has 3 aromatic carbocycles. The lowest BCUT2D eigenvalue weighted by Gasteiger charge is -2.13. The van der Waals surface area contributed by atoms with Crippen molar-refractivity contribution in [2.45, 2.75) is 29.9 Å². The van der Waals surface area contributed by atoms with E-state index in [2.05, 4.69) is 10.6 Å². The molecule has 170 valence electrons. The highest BCUT2D eigenvalue weighted by Crippen LogP contribution is 2.27. The summed E-state index contributed by atoms with van der Waals surface area (Å²) in [6.45, 7) is 1.80. The second kappa shape index (κ2) is 11.7. The summed E-state index contributed by atoms with van der Waals surface area (Å²) in [6, 6.07) is 23.7. The molecule has 7 nitrogen and oxygen atoms in total. The summed E-state index contributed by atoms with van der Waals surface area (Å²) in [4.78, 5) is 35.8. The molecule has 3 aromatic rings. The standard InChI is InChI=1S/C25H24N2O5S/c1-17(33-22-9-5-6-19(16-22)26-23(28)14-15-24(29)30)25(31)27-18-10-12-21(13-11-18)32-20-7-3-2-4-8-20/h2-13,16-17H,14-15H2,1H3,(H,26,28)(H,27,31)(H,29,30). The van der Waals surface area contributed by atoms with Crippen LogP contribution in [0, 0.1) is 0 Å². The van der Waals surface area contributed by atoms with Crippen molar-refractivity contribution in [3.63, 3.8) is 0 Å². The summed E-state index contributed by atoms with van der Waals surface area (Å²) in [5.41, 5.74) is 1.21. The van der Waals surface area contributed by atoms with E-state index in [1.165, 1.54) is 11.8 Å². The van der Waals surface area contributed by atoms with Crippen molar-refractivity contribution >= 4 is 40.9 Å². The van der Waals surface area contributed by atoms with Crippen LogP contribution in [-0.2, 0) is 14.4 Å². The SMILES string of the molecule is CC(Sc1cccc(NC(=O)CCC(=O)O)c1)C(=O)Nc1ccc(Oc2ccccc2)cc1. The van der Waals surface area contributed by atoms with E-state index in [0.717, 1.165) is 10.6 Å². The third-order valence-corrected chi connectivity index (χ3v) is 5.56. The molecule has 0 fully saturated rings. The smallest absolute Gasteiger partial charge is 0.303 e. The lowest BCUT2D eigenvalue weighted by molar-refractivity contribution is -0.138. The molecule has 3 N–H and O–H groups in total. The van der Waals surface area contributed by atoms with Crippen LogP contribution in [0.4, 0.5) is 11.4 Å². The Labute approximate surface area is 196 Å². The second-order valence-corrected chi connectivity index (χ2v) is 8.57. The molecule has 0 aliphatic heterocycles. The molecule has 33 heavy (non-hydrogen) atoms. The Kier molecular flexibility index (Phi) is 8.49. The monoisotopic (exact) mass is 464 g/mol. The summed E-state index contributed by atoms with van der Waals surface area (Å²) in [5.74, 6) is -0.145. The Morgan fingerprint density at radius 1 is 0.848 bits per heavy atom. The number of hydrogen-bond donors (Lipinski definition) is 3. The number of rotatable bonds is 10. The van der Waals surface area contributed by atoms with E-state index in [9.17, 15) is 14.4 Å². The molecule has 1 unspecified atom stereocenters.